The van der Waals surface area contributed by atoms with Gasteiger partial charge >= 0.3 is 0 Å². The van der Waals surface area contributed by atoms with Gasteiger partial charge in [-0.15, -0.1) is 0 Å². The molecule has 1 amide bonds. The number of hydrogen-bond acceptors (Lipinski definition) is 6. The van der Waals surface area contributed by atoms with E-state index >= 15 is 0 Å². The van der Waals surface area contributed by atoms with E-state index in [1.807, 2.05) is 30.3 Å². The molecule has 3 aromatic carbocycles. The number of aryl methyl sites for hydroxylation is 1. The molecule has 0 aliphatic heterocycles. The zero-order valence-corrected chi connectivity index (χ0v) is 21.9. The van der Waals surface area contributed by atoms with E-state index in [0.717, 1.165) is 15.4 Å². The van der Waals surface area contributed by atoms with Crippen LogP contribution in [0.5, 0.6) is 5.75 Å². The summed E-state index contributed by atoms with van der Waals surface area (Å²) in [6, 6.07) is 19.9. The second-order valence-electron chi connectivity index (χ2n) is 8.23. The maximum atomic E-state index is 12.6. The van der Waals surface area contributed by atoms with Gasteiger partial charge in [0, 0.05) is 27.2 Å². The highest BCUT2D eigenvalue weighted by Gasteiger charge is 2.17. The summed E-state index contributed by atoms with van der Waals surface area (Å²) in [4.78, 5) is 12.5. The van der Waals surface area contributed by atoms with Gasteiger partial charge in [-0.2, -0.15) is 0 Å². The number of nitrogens with zero attached hydrogens (tertiary/aromatic N) is 1. The average Bonchev–Trinajstić information content (AvgIpc) is 2.86. The Morgan fingerprint density at radius 1 is 0.833 bits per heavy atom. The lowest BCUT2D eigenvalue weighted by Crippen LogP contribution is -2.28. The van der Waals surface area contributed by atoms with E-state index in [-0.39, 0.29) is 35.4 Å². The lowest BCUT2D eigenvalue weighted by molar-refractivity contribution is -0.123. The topological polar surface area (TPSA) is 122 Å². The number of sulfonamides is 2. The summed E-state index contributed by atoms with van der Waals surface area (Å²) < 4.78 is 58.7. The number of nitrogens with one attached hydrogen (secondary N) is 2. The molecule has 0 bridgehead atoms. The third-order valence-electron chi connectivity index (χ3n) is 5.32. The first-order valence-electron chi connectivity index (χ1n) is 11.0. The van der Waals surface area contributed by atoms with Gasteiger partial charge in [0.25, 0.3) is 5.91 Å². The van der Waals surface area contributed by atoms with Crippen molar-refractivity contribution < 1.29 is 26.4 Å². The van der Waals surface area contributed by atoms with Crippen LogP contribution in [0.2, 0.25) is 0 Å². The maximum absolute atomic E-state index is 12.6. The Hall–Kier alpha value is -3.25. The smallest absolute Gasteiger partial charge is 0.258 e. The van der Waals surface area contributed by atoms with Crippen molar-refractivity contribution in [2.45, 2.75) is 29.8 Å². The van der Waals surface area contributed by atoms with Gasteiger partial charge in [0.05, 0.1) is 9.79 Å². The molecule has 192 valence electrons. The van der Waals surface area contributed by atoms with E-state index in [2.05, 4.69) is 10.0 Å². The fourth-order valence-electron chi connectivity index (χ4n) is 3.19. The minimum atomic E-state index is -3.71. The van der Waals surface area contributed by atoms with Crippen molar-refractivity contribution in [1.82, 2.24) is 14.3 Å². The predicted octanol–water partition coefficient (Wildman–Crippen LogP) is 2.42. The van der Waals surface area contributed by atoms with Crippen LogP contribution in [-0.4, -0.2) is 47.8 Å². The average molecular weight is 532 g/mol. The molecule has 3 aromatic rings. The van der Waals surface area contributed by atoms with E-state index in [1.165, 1.54) is 44.4 Å². The molecule has 2 N–H and O–H groups in total. The lowest BCUT2D eigenvalue weighted by atomic mass is 10.2. The first kappa shape index (κ1) is 27.3. The molecule has 36 heavy (non-hydrogen) atoms. The second kappa shape index (κ2) is 11.7. The molecule has 0 spiro atoms. The van der Waals surface area contributed by atoms with Crippen molar-refractivity contribution >= 4 is 26.0 Å². The van der Waals surface area contributed by atoms with Crippen LogP contribution in [0.3, 0.4) is 0 Å². The summed E-state index contributed by atoms with van der Waals surface area (Å²) in [5, 5.41) is 2.71. The SMILES string of the molecule is Cc1cc(S(=O)(=O)NCc2ccccc2)ccc1OCC(=O)NCc1ccc(S(=O)(=O)N(C)C)cc1. The van der Waals surface area contributed by atoms with Gasteiger partial charge < -0.3 is 10.1 Å². The van der Waals surface area contributed by atoms with Gasteiger partial charge in [0.1, 0.15) is 5.75 Å². The normalized spacial score (nSPS) is 11.9. The highest BCUT2D eigenvalue weighted by Crippen LogP contribution is 2.22. The van der Waals surface area contributed by atoms with Crippen molar-refractivity contribution in [3.63, 3.8) is 0 Å². The minimum Gasteiger partial charge on any atom is -0.484 e. The third kappa shape index (κ3) is 7.14. The molecule has 11 heteroatoms. The first-order valence-corrected chi connectivity index (χ1v) is 14.0. The van der Waals surface area contributed by atoms with Crippen LogP contribution >= 0.6 is 0 Å². The van der Waals surface area contributed by atoms with E-state index in [4.69, 9.17) is 4.74 Å². The molecule has 9 nitrogen and oxygen atoms in total. The van der Waals surface area contributed by atoms with Crippen molar-refractivity contribution in [2.75, 3.05) is 20.7 Å². The fraction of sp³-hybridized carbons (Fsp3) is 0.240. The zero-order valence-electron chi connectivity index (χ0n) is 20.3. The van der Waals surface area contributed by atoms with Gasteiger partial charge in [-0.05, 0) is 53.9 Å². The van der Waals surface area contributed by atoms with Crippen LogP contribution in [0.25, 0.3) is 0 Å². The lowest BCUT2D eigenvalue weighted by Gasteiger charge is -2.13. The second-order valence-corrected chi connectivity index (χ2v) is 12.2. The van der Waals surface area contributed by atoms with Crippen molar-refractivity contribution in [3.8, 4) is 5.75 Å². The number of hydrogen-bond donors (Lipinski definition) is 2. The van der Waals surface area contributed by atoms with E-state index < -0.39 is 20.0 Å². The molecular formula is C25H29N3O6S2. The Bertz CT molecular complexity index is 1410. The van der Waals surface area contributed by atoms with Crippen LogP contribution in [0.1, 0.15) is 16.7 Å². The highest BCUT2D eigenvalue weighted by molar-refractivity contribution is 7.89. The number of rotatable bonds is 11. The predicted molar refractivity (Wildman–Crippen MR) is 136 cm³/mol. The fourth-order valence-corrected chi connectivity index (χ4v) is 5.20. The van der Waals surface area contributed by atoms with Crippen LogP contribution in [0.15, 0.2) is 82.6 Å². The Kier molecular flexibility index (Phi) is 8.85. The third-order valence-corrected chi connectivity index (χ3v) is 8.54. The summed E-state index contributed by atoms with van der Waals surface area (Å²) in [5.41, 5.74) is 2.15. The van der Waals surface area contributed by atoms with Gasteiger partial charge in [-0.1, -0.05) is 42.5 Å². The Morgan fingerprint density at radius 3 is 2.06 bits per heavy atom. The van der Waals surface area contributed by atoms with Crippen LogP contribution in [0.4, 0.5) is 0 Å². The summed E-state index contributed by atoms with van der Waals surface area (Å²) in [5.74, 6) is 0.0195. The number of benzene rings is 3. The summed E-state index contributed by atoms with van der Waals surface area (Å²) in [6.07, 6.45) is 0. The Morgan fingerprint density at radius 2 is 1.44 bits per heavy atom. The van der Waals surface area contributed by atoms with Gasteiger partial charge in [0.15, 0.2) is 6.61 Å². The Balaban J connectivity index is 1.52. The first-order chi connectivity index (χ1) is 17.0. The molecule has 0 saturated carbocycles. The van der Waals surface area contributed by atoms with Crippen LogP contribution in [-0.2, 0) is 37.9 Å². The van der Waals surface area contributed by atoms with Crippen molar-refractivity contribution in [2.24, 2.45) is 0 Å². The van der Waals surface area contributed by atoms with Crippen LogP contribution in [0, 0.1) is 6.92 Å². The quantitative estimate of drug-likeness (QED) is 0.392. The molecule has 0 unspecified atom stereocenters. The molecule has 0 atom stereocenters. The summed E-state index contributed by atoms with van der Waals surface area (Å²) in [6.45, 7) is 1.82. The van der Waals surface area contributed by atoms with Gasteiger partial charge in [0.2, 0.25) is 20.0 Å². The molecule has 0 aliphatic carbocycles. The molecule has 3 rings (SSSR count). The van der Waals surface area contributed by atoms with Gasteiger partial charge in [-0.3, -0.25) is 4.79 Å². The van der Waals surface area contributed by atoms with E-state index in [0.29, 0.717) is 11.3 Å². The van der Waals surface area contributed by atoms with E-state index in [1.54, 1.807) is 19.1 Å². The molecule has 0 fully saturated rings. The molecular weight excluding hydrogens is 502 g/mol. The summed E-state index contributed by atoms with van der Waals surface area (Å²) in [7, 11) is -4.31. The minimum absolute atomic E-state index is 0.104. The van der Waals surface area contributed by atoms with Gasteiger partial charge in [-0.25, -0.2) is 25.9 Å². The number of ether oxygens (including phenoxy) is 1. The monoisotopic (exact) mass is 531 g/mol. The molecule has 0 heterocycles. The largest absolute Gasteiger partial charge is 0.484 e. The zero-order chi connectivity index (χ0) is 26.3. The van der Waals surface area contributed by atoms with Crippen molar-refractivity contribution in [3.05, 3.63) is 89.5 Å². The summed E-state index contributed by atoms with van der Waals surface area (Å²) >= 11 is 0. The number of carbonyl (C=O) groups is 1. The van der Waals surface area contributed by atoms with E-state index in [9.17, 15) is 21.6 Å². The number of amides is 1. The molecule has 0 saturated heterocycles. The molecule has 0 radical (unpaired) electrons. The standard InChI is InChI=1S/C25H29N3O6S2/c1-19-15-23(35(30,31)27-17-20-7-5-4-6-8-20)13-14-24(19)34-18-25(29)26-16-21-9-11-22(12-10-21)36(32,33)28(2)3/h4-15,27H,16-18H2,1-3H3,(H,26,29). The molecule has 0 aliphatic rings. The highest BCUT2D eigenvalue weighted by atomic mass is 32.2. The van der Waals surface area contributed by atoms with Crippen molar-refractivity contribution in [1.29, 1.82) is 0 Å². The maximum Gasteiger partial charge on any atom is 0.258 e. The van der Waals surface area contributed by atoms with Crippen LogP contribution < -0.4 is 14.8 Å². The Labute approximate surface area is 212 Å². The molecule has 0 aromatic heterocycles. The number of carbonyl (C=O) groups excluding carboxylic acids is 1.